The summed E-state index contributed by atoms with van der Waals surface area (Å²) in [6.07, 6.45) is 0. The monoisotopic (exact) mass is 310 g/mol. The molecule has 5 nitrogen and oxygen atoms in total. The van der Waals surface area contributed by atoms with Crippen molar-refractivity contribution in [3.63, 3.8) is 0 Å². The van der Waals surface area contributed by atoms with Gasteiger partial charge in [0.25, 0.3) is 0 Å². The zero-order chi connectivity index (χ0) is 16.7. The summed E-state index contributed by atoms with van der Waals surface area (Å²) in [4.78, 5) is 13.8. The summed E-state index contributed by atoms with van der Waals surface area (Å²) in [5.74, 6) is 0.572. The smallest absolute Gasteiger partial charge is 0.246 e. The quantitative estimate of drug-likeness (QED) is 0.685. The Labute approximate surface area is 136 Å². The number of amides is 1. The van der Waals surface area contributed by atoms with E-state index in [2.05, 4.69) is 17.2 Å². The molecule has 2 aromatic carbocycles. The number of nitrogens with two attached hydrogens (primary N) is 1. The van der Waals surface area contributed by atoms with E-state index in [1.54, 1.807) is 11.9 Å². The number of para-hydroxylation sites is 1. The van der Waals surface area contributed by atoms with Crippen LogP contribution in [0.15, 0.2) is 67.0 Å². The van der Waals surface area contributed by atoms with Crippen molar-refractivity contribution < 1.29 is 4.79 Å². The number of carbonyl (C=O) groups is 1. The molecule has 0 saturated carbocycles. The van der Waals surface area contributed by atoms with Crippen LogP contribution in [0.2, 0.25) is 0 Å². The van der Waals surface area contributed by atoms with E-state index in [9.17, 15) is 4.79 Å². The number of hydrogen-bond acceptors (Lipinski definition) is 4. The van der Waals surface area contributed by atoms with E-state index in [-0.39, 0.29) is 12.5 Å². The largest absolute Gasteiger partial charge is 0.399 e. The first-order valence-corrected chi connectivity index (χ1v) is 7.39. The normalized spacial score (nSPS) is 9.96. The van der Waals surface area contributed by atoms with E-state index >= 15 is 0 Å². The van der Waals surface area contributed by atoms with Gasteiger partial charge in [0.05, 0.1) is 12.4 Å². The standard InChI is InChI=1S/C18H22N4O/c1-14(20-12-15-8-10-16(19)11-9-15)21-13-18(23)22(2)17-6-4-3-5-7-17/h3-11,20-21H,1,12-13,19H2,2H3. The number of benzene rings is 2. The second kappa shape index (κ2) is 7.89. The van der Waals surface area contributed by atoms with Crippen molar-refractivity contribution in [3.05, 3.63) is 72.6 Å². The zero-order valence-electron chi connectivity index (χ0n) is 13.3. The van der Waals surface area contributed by atoms with Crippen LogP contribution in [0, 0.1) is 0 Å². The topological polar surface area (TPSA) is 70.4 Å². The first-order valence-electron chi connectivity index (χ1n) is 7.39. The maximum atomic E-state index is 12.1. The van der Waals surface area contributed by atoms with Crippen molar-refractivity contribution in [2.45, 2.75) is 6.54 Å². The summed E-state index contributed by atoms with van der Waals surface area (Å²) in [5.41, 5.74) is 8.34. The Balaban J connectivity index is 1.75. The Hall–Kier alpha value is -2.95. The molecular weight excluding hydrogens is 288 g/mol. The summed E-state index contributed by atoms with van der Waals surface area (Å²) < 4.78 is 0. The van der Waals surface area contributed by atoms with E-state index in [1.165, 1.54) is 0 Å². The van der Waals surface area contributed by atoms with Gasteiger partial charge in [-0.05, 0) is 29.8 Å². The third kappa shape index (κ3) is 5.07. The number of hydrogen-bond donors (Lipinski definition) is 3. The predicted molar refractivity (Wildman–Crippen MR) is 94.7 cm³/mol. The van der Waals surface area contributed by atoms with Gasteiger partial charge >= 0.3 is 0 Å². The average molecular weight is 310 g/mol. The highest BCUT2D eigenvalue weighted by atomic mass is 16.2. The molecule has 0 aliphatic carbocycles. The van der Waals surface area contributed by atoms with Gasteiger partial charge in [-0.25, -0.2) is 0 Å². The molecule has 0 spiro atoms. The summed E-state index contributed by atoms with van der Waals surface area (Å²) in [5, 5.41) is 6.13. The van der Waals surface area contributed by atoms with Crippen LogP contribution in [0.4, 0.5) is 11.4 Å². The van der Waals surface area contributed by atoms with Crippen LogP contribution >= 0.6 is 0 Å². The van der Waals surface area contributed by atoms with Crippen molar-refractivity contribution in [2.75, 3.05) is 24.2 Å². The molecule has 4 N–H and O–H groups in total. The van der Waals surface area contributed by atoms with Gasteiger partial charge < -0.3 is 21.3 Å². The number of rotatable bonds is 7. The number of likely N-dealkylation sites (N-methyl/N-ethyl adjacent to an activating group) is 1. The molecule has 0 aliphatic heterocycles. The highest BCUT2D eigenvalue weighted by Crippen LogP contribution is 2.10. The van der Waals surface area contributed by atoms with E-state index in [1.807, 2.05) is 54.6 Å². The number of nitrogens with one attached hydrogen (secondary N) is 2. The van der Waals surface area contributed by atoms with Crippen LogP contribution in [-0.4, -0.2) is 19.5 Å². The van der Waals surface area contributed by atoms with E-state index in [0.717, 1.165) is 16.9 Å². The molecule has 2 rings (SSSR count). The Bertz CT molecular complexity index is 652. The van der Waals surface area contributed by atoms with Gasteiger partial charge in [0.2, 0.25) is 5.91 Å². The van der Waals surface area contributed by atoms with Crippen molar-refractivity contribution in [1.29, 1.82) is 0 Å². The minimum Gasteiger partial charge on any atom is -0.399 e. The lowest BCUT2D eigenvalue weighted by atomic mass is 10.2. The molecule has 0 saturated heterocycles. The first kappa shape index (κ1) is 16.4. The summed E-state index contributed by atoms with van der Waals surface area (Å²) in [7, 11) is 1.75. The molecular formula is C18H22N4O. The second-order valence-corrected chi connectivity index (χ2v) is 5.22. The molecule has 0 aromatic heterocycles. The Morgan fingerprint density at radius 3 is 2.39 bits per heavy atom. The number of carbonyl (C=O) groups excluding carboxylic acids is 1. The van der Waals surface area contributed by atoms with Gasteiger partial charge in [-0.1, -0.05) is 36.9 Å². The molecule has 0 aliphatic rings. The van der Waals surface area contributed by atoms with Crippen LogP contribution in [-0.2, 0) is 11.3 Å². The second-order valence-electron chi connectivity index (χ2n) is 5.22. The highest BCUT2D eigenvalue weighted by Gasteiger charge is 2.10. The van der Waals surface area contributed by atoms with Crippen LogP contribution in [0.5, 0.6) is 0 Å². The van der Waals surface area contributed by atoms with E-state index < -0.39 is 0 Å². The van der Waals surface area contributed by atoms with Crippen molar-refractivity contribution in [2.24, 2.45) is 0 Å². The predicted octanol–water partition coefficient (Wildman–Crippen LogP) is 2.08. The number of nitrogens with zero attached hydrogens (tertiary/aromatic N) is 1. The third-order valence-corrected chi connectivity index (χ3v) is 3.46. The molecule has 0 radical (unpaired) electrons. The SMILES string of the molecule is C=C(NCC(=O)N(C)c1ccccc1)NCc1ccc(N)cc1. The summed E-state index contributed by atoms with van der Waals surface area (Å²) in [6, 6.07) is 17.1. The maximum absolute atomic E-state index is 12.1. The van der Waals surface area contributed by atoms with Gasteiger partial charge in [-0.15, -0.1) is 0 Å². The van der Waals surface area contributed by atoms with Gasteiger partial charge in [0.15, 0.2) is 0 Å². The Morgan fingerprint density at radius 1 is 1.09 bits per heavy atom. The van der Waals surface area contributed by atoms with Crippen LogP contribution in [0.1, 0.15) is 5.56 Å². The highest BCUT2D eigenvalue weighted by molar-refractivity contribution is 5.94. The lowest BCUT2D eigenvalue weighted by molar-refractivity contribution is -0.117. The van der Waals surface area contributed by atoms with Gasteiger partial charge in [-0.2, -0.15) is 0 Å². The fourth-order valence-electron chi connectivity index (χ4n) is 2.00. The minimum absolute atomic E-state index is 0.0355. The lowest BCUT2D eigenvalue weighted by Crippen LogP contribution is -2.37. The van der Waals surface area contributed by atoms with Crippen LogP contribution in [0.25, 0.3) is 0 Å². The number of anilines is 2. The molecule has 1 amide bonds. The lowest BCUT2D eigenvalue weighted by Gasteiger charge is -2.19. The van der Waals surface area contributed by atoms with Crippen LogP contribution < -0.4 is 21.3 Å². The first-order chi connectivity index (χ1) is 11.1. The fourth-order valence-corrected chi connectivity index (χ4v) is 2.00. The Kier molecular flexibility index (Phi) is 5.63. The van der Waals surface area contributed by atoms with E-state index in [4.69, 9.17) is 5.73 Å². The average Bonchev–Trinajstić information content (AvgIpc) is 2.59. The minimum atomic E-state index is -0.0355. The van der Waals surface area contributed by atoms with Crippen molar-refractivity contribution in [3.8, 4) is 0 Å². The van der Waals surface area contributed by atoms with Gasteiger partial charge in [0, 0.05) is 25.0 Å². The Morgan fingerprint density at radius 2 is 1.74 bits per heavy atom. The molecule has 0 bridgehead atoms. The van der Waals surface area contributed by atoms with Gasteiger partial charge in [0.1, 0.15) is 0 Å². The van der Waals surface area contributed by atoms with Crippen molar-refractivity contribution >= 4 is 17.3 Å². The number of nitrogen functional groups attached to an aromatic ring is 1. The maximum Gasteiger partial charge on any atom is 0.246 e. The summed E-state index contributed by atoms with van der Waals surface area (Å²) in [6.45, 7) is 4.67. The molecule has 0 fully saturated rings. The van der Waals surface area contributed by atoms with Crippen molar-refractivity contribution in [1.82, 2.24) is 10.6 Å². The zero-order valence-corrected chi connectivity index (χ0v) is 13.3. The molecule has 5 heteroatoms. The van der Waals surface area contributed by atoms with E-state index in [0.29, 0.717) is 12.4 Å². The molecule has 120 valence electrons. The molecule has 0 unspecified atom stereocenters. The molecule has 0 atom stereocenters. The van der Waals surface area contributed by atoms with Crippen LogP contribution in [0.3, 0.4) is 0 Å². The molecule has 0 heterocycles. The molecule has 23 heavy (non-hydrogen) atoms. The molecule has 2 aromatic rings. The fraction of sp³-hybridized carbons (Fsp3) is 0.167. The third-order valence-electron chi connectivity index (χ3n) is 3.46. The summed E-state index contributed by atoms with van der Waals surface area (Å²) >= 11 is 0. The van der Waals surface area contributed by atoms with Gasteiger partial charge in [-0.3, -0.25) is 4.79 Å².